The predicted octanol–water partition coefficient (Wildman–Crippen LogP) is 3.60. The highest BCUT2D eigenvalue weighted by Gasteiger charge is 2.36. The van der Waals surface area contributed by atoms with Gasteiger partial charge in [-0.15, -0.1) is 0 Å². The van der Waals surface area contributed by atoms with Crippen molar-refractivity contribution in [3.8, 4) is 0 Å². The van der Waals surface area contributed by atoms with Gasteiger partial charge in [-0.3, -0.25) is 0 Å². The lowest BCUT2D eigenvalue weighted by Crippen LogP contribution is -2.41. The van der Waals surface area contributed by atoms with E-state index < -0.39 is 0 Å². The van der Waals surface area contributed by atoms with Crippen molar-refractivity contribution in [3.05, 3.63) is 0 Å². The van der Waals surface area contributed by atoms with E-state index in [1.54, 1.807) is 0 Å². The van der Waals surface area contributed by atoms with Crippen LogP contribution in [0.25, 0.3) is 0 Å². The molecule has 2 aliphatic rings. The summed E-state index contributed by atoms with van der Waals surface area (Å²) < 4.78 is 0. The van der Waals surface area contributed by atoms with Gasteiger partial charge in [-0.1, -0.05) is 26.2 Å². The predicted molar refractivity (Wildman–Crippen MR) is 74.2 cm³/mol. The minimum atomic E-state index is 0.777. The zero-order valence-corrected chi connectivity index (χ0v) is 11.6. The molecule has 1 nitrogen and oxygen atoms in total. The SMILES string of the molecule is CCC(CS)CN1CCC2(CCCC2)CC1. The third kappa shape index (κ3) is 2.95. The van der Waals surface area contributed by atoms with Crippen molar-refractivity contribution in [2.75, 3.05) is 25.4 Å². The smallest absolute Gasteiger partial charge is 0.00174 e. The van der Waals surface area contributed by atoms with E-state index in [0.717, 1.165) is 17.1 Å². The molecule has 1 aliphatic heterocycles. The summed E-state index contributed by atoms with van der Waals surface area (Å²) in [5.74, 6) is 1.86. The van der Waals surface area contributed by atoms with Gasteiger partial charge in [0, 0.05) is 6.54 Å². The molecule has 0 aromatic rings. The maximum Gasteiger partial charge on any atom is 0.00174 e. The second kappa shape index (κ2) is 5.77. The van der Waals surface area contributed by atoms with E-state index in [-0.39, 0.29) is 0 Å². The van der Waals surface area contributed by atoms with Crippen LogP contribution in [0.1, 0.15) is 51.9 Å². The normalized spacial score (nSPS) is 27.4. The quantitative estimate of drug-likeness (QED) is 0.736. The van der Waals surface area contributed by atoms with Crippen LogP contribution < -0.4 is 0 Å². The van der Waals surface area contributed by atoms with Crippen molar-refractivity contribution >= 4 is 12.6 Å². The Morgan fingerprint density at radius 3 is 2.25 bits per heavy atom. The highest BCUT2D eigenvalue weighted by molar-refractivity contribution is 7.80. The highest BCUT2D eigenvalue weighted by atomic mass is 32.1. The third-order valence-electron chi connectivity index (χ3n) is 4.93. The fourth-order valence-corrected chi connectivity index (χ4v) is 3.89. The van der Waals surface area contributed by atoms with Crippen LogP contribution in [0, 0.1) is 11.3 Å². The summed E-state index contributed by atoms with van der Waals surface area (Å²) in [4.78, 5) is 2.69. The molecule has 94 valence electrons. The van der Waals surface area contributed by atoms with Crippen molar-refractivity contribution in [2.24, 2.45) is 11.3 Å². The van der Waals surface area contributed by atoms with Gasteiger partial charge in [0.1, 0.15) is 0 Å². The van der Waals surface area contributed by atoms with E-state index in [0.29, 0.717) is 0 Å². The van der Waals surface area contributed by atoms with E-state index in [2.05, 4.69) is 24.5 Å². The molecule has 2 rings (SSSR count). The molecular formula is C14H27NS. The van der Waals surface area contributed by atoms with Crippen molar-refractivity contribution in [1.82, 2.24) is 4.90 Å². The summed E-state index contributed by atoms with van der Waals surface area (Å²) in [5, 5.41) is 0. The van der Waals surface area contributed by atoms with E-state index in [1.165, 1.54) is 64.6 Å². The Hall–Kier alpha value is 0.310. The fourth-order valence-electron chi connectivity index (χ4n) is 3.52. The molecule has 1 spiro atoms. The average Bonchev–Trinajstić information content (AvgIpc) is 2.77. The molecule has 1 atom stereocenters. The molecule has 1 heterocycles. The van der Waals surface area contributed by atoms with Crippen LogP contribution in [-0.4, -0.2) is 30.3 Å². The average molecular weight is 241 g/mol. The number of likely N-dealkylation sites (tertiary alicyclic amines) is 1. The van der Waals surface area contributed by atoms with E-state index in [9.17, 15) is 0 Å². The molecular weight excluding hydrogens is 214 g/mol. The third-order valence-corrected chi connectivity index (χ3v) is 5.45. The molecule has 2 heteroatoms. The van der Waals surface area contributed by atoms with Gasteiger partial charge in [0.25, 0.3) is 0 Å². The Kier molecular flexibility index (Phi) is 4.60. The van der Waals surface area contributed by atoms with Gasteiger partial charge >= 0.3 is 0 Å². The van der Waals surface area contributed by atoms with E-state index >= 15 is 0 Å². The topological polar surface area (TPSA) is 3.24 Å². The number of nitrogens with zero attached hydrogens (tertiary/aromatic N) is 1. The van der Waals surface area contributed by atoms with Gasteiger partial charge in [0.15, 0.2) is 0 Å². The molecule has 0 aromatic carbocycles. The summed E-state index contributed by atoms with van der Waals surface area (Å²) >= 11 is 4.45. The zero-order chi connectivity index (χ0) is 11.4. The molecule has 0 amide bonds. The lowest BCUT2D eigenvalue weighted by molar-refractivity contribution is 0.0979. The van der Waals surface area contributed by atoms with Gasteiger partial charge < -0.3 is 4.90 Å². The largest absolute Gasteiger partial charge is 0.303 e. The first-order chi connectivity index (χ1) is 7.78. The van der Waals surface area contributed by atoms with Crippen molar-refractivity contribution < 1.29 is 0 Å². The van der Waals surface area contributed by atoms with E-state index in [1.807, 2.05) is 0 Å². The van der Waals surface area contributed by atoms with Gasteiger partial charge in [-0.2, -0.15) is 12.6 Å². The van der Waals surface area contributed by atoms with Gasteiger partial charge in [0.2, 0.25) is 0 Å². The van der Waals surface area contributed by atoms with Crippen LogP contribution in [0.3, 0.4) is 0 Å². The summed E-state index contributed by atoms with van der Waals surface area (Å²) in [5.41, 5.74) is 0.777. The fraction of sp³-hybridized carbons (Fsp3) is 1.00. The standard InChI is InChI=1S/C14H27NS/c1-2-13(12-16)11-15-9-7-14(8-10-15)5-3-4-6-14/h13,16H,2-12H2,1H3. The molecule has 0 aromatic heterocycles. The number of rotatable bonds is 4. The molecule has 0 radical (unpaired) electrons. The Labute approximate surface area is 106 Å². The molecule has 1 unspecified atom stereocenters. The molecule has 16 heavy (non-hydrogen) atoms. The van der Waals surface area contributed by atoms with Crippen molar-refractivity contribution in [3.63, 3.8) is 0 Å². The maximum absolute atomic E-state index is 4.45. The molecule has 1 saturated carbocycles. The van der Waals surface area contributed by atoms with Gasteiger partial charge in [-0.25, -0.2) is 0 Å². The lowest BCUT2D eigenvalue weighted by Gasteiger charge is -2.40. The highest BCUT2D eigenvalue weighted by Crippen LogP contribution is 2.46. The zero-order valence-electron chi connectivity index (χ0n) is 10.7. The van der Waals surface area contributed by atoms with Gasteiger partial charge in [-0.05, 0) is 55.9 Å². The first-order valence-electron chi connectivity index (χ1n) is 7.11. The summed E-state index contributed by atoms with van der Waals surface area (Å²) in [6.07, 6.45) is 10.2. The summed E-state index contributed by atoms with van der Waals surface area (Å²) in [7, 11) is 0. The van der Waals surface area contributed by atoms with Crippen molar-refractivity contribution in [2.45, 2.75) is 51.9 Å². The van der Waals surface area contributed by atoms with Crippen LogP contribution in [0.4, 0.5) is 0 Å². The minimum Gasteiger partial charge on any atom is -0.303 e. The number of hydrogen-bond donors (Lipinski definition) is 1. The molecule has 2 fully saturated rings. The van der Waals surface area contributed by atoms with Crippen LogP contribution in [0.5, 0.6) is 0 Å². The number of thiol groups is 1. The minimum absolute atomic E-state index is 0.777. The van der Waals surface area contributed by atoms with Crippen molar-refractivity contribution in [1.29, 1.82) is 0 Å². The second-order valence-electron chi connectivity index (χ2n) is 5.96. The first-order valence-corrected chi connectivity index (χ1v) is 7.74. The Morgan fingerprint density at radius 2 is 1.75 bits per heavy atom. The van der Waals surface area contributed by atoms with E-state index in [4.69, 9.17) is 0 Å². The first kappa shape index (κ1) is 12.8. The van der Waals surface area contributed by atoms with Crippen LogP contribution in [0.15, 0.2) is 0 Å². The Balaban J connectivity index is 1.76. The summed E-state index contributed by atoms with van der Waals surface area (Å²) in [6, 6.07) is 0. The van der Waals surface area contributed by atoms with Crippen LogP contribution in [-0.2, 0) is 0 Å². The molecule has 1 saturated heterocycles. The van der Waals surface area contributed by atoms with Crippen LogP contribution >= 0.6 is 12.6 Å². The summed E-state index contributed by atoms with van der Waals surface area (Å²) in [6.45, 7) is 6.29. The molecule has 0 bridgehead atoms. The second-order valence-corrected chi connectivity index (χ2v) is 6.33. The monoisotopic (exact) mass is 241 g/mol. The Bertz CT molecular complexity index is 197. The van der Waals surface area contributed by atoms with Gasteiger partial charge in [0.05, 0.1) is 0 Å². The lowest BCUT2D eigenvalue weighted by atomic mass is 9.77. The number of piperidine rings is 1. The molecule has 0 N–H and O–H groups in total. The Morgan fingerprint density at radius 1 is 1.12 bits per heavy atom. The van der Waals surface area contributed by atoms with Crippen LogP contribution in [0.2, 0.25) is 0 Å². The number of hydrogen-bond acceptors (Lipinski definition) is 2. The molecule has 1 aliphatic carbocycles. The maximum atomic E-state index is 4.45.